The Kier molecular flexibility index (Phi) is 4.37. The fourth-order valence-corrected chi connectivity index (χ4v) is 2.71. The third kappa shape index (κ3) is 3.27. The number of fused-ring (bicyclic) bond motifs is 1. The maximum atomic E-state index is 13.4. The lowest BCUT2D eigenvalue weighted by Crippen LogP contribution is -2.28. The van der Waals surface area contributed by atoms with E-state index < -0.39 is 11.7 Å². The second kappa shape index (κ2) is 6.60. The zero-order valence-corrected chi connectivity index (χ0v) is 12.3. The Morgan fingerprint density at radius 1 is 1.14 bits per heavy atom. The third-order valence-electron chi connectivity index (χ3n) is 3.84. The summed E-state index contributed by atoms with van der Waals surface area (Å²) in [5, 5.41) is 2.66. The van der Waals surface area contributed by atoms with Gasteiger partial charge in [0.2, 0.25) is 0 Å². The van der Waals surface area contributed by atoms with Crippen LogP contribution >= 0.6 is 0 Å². The van der Waals surface area contributed by atoms with Gasteiger partial charge in [-0.15, -0.1) is 0 Å². The molecule has 3 rings (SSSR count). The molecule has 0 atom stereocenters. The second-order valence-corrected chi connectivity index (χ2v) is 5.37. The summed E-state index contributed by atoms with van der Waals surface area (Å²) in [6.07, 6.45) is 3.46. The number of nitrogens with one attached hydrogen (secondary N) is 1. The van der Waals surface area contributed by atoms with E-state index in [0.29, 0.717) is 13.2 Å². The van der Waals surface area contributed by atoms with Gasteiger partial charge < -0.3 is 10.1 Å². The number of carbonyl (C=O) groups is 1. The monoisotopic (exact) mass is 299 g/mol. The molecule has 1 aliphatic rings. The number of amides is 1. The smallest absolute Gasteiger partial charge is 0.254 e. The molecule has 2 aromatic carbocycles. The van der Waals surface area contributed by atoms with Crippen LogP contribution < -0.4 is 10.1 Å². The van der Waals surface area contributed by atoms with Crippen molar-refractivity contribution in [3.63, 3.8) is 0 Å². The summed E-state index contributed by atoms with van der Waals surface area (Å²) in [6.45, 7) is 0.698. The Balaban J connectivity index is 1.48. The van der Waals surface area contributed by atoms with E-state index in [2.05, 4.69) is 17.4 Å². The Hall–Kier alpha value is -2.36. The van der Waals surface area contributed by atoms with Crippen LogP contribution in [0.25, 0.3) is 0 Å². The molecular formula is C18H18FNO2. The number of benzene rings is 2. The van der Waals surface area contributed by atoms with Crippen molar-refractivity contribution in [3.8, 4) is 5.75 Å². The van der Waals surface area contributed by atoms with Gasteiger partial charge in [0.25, 0.3) is 5.91 Å². The Labute approximate surface area is 129 Å². The first kappa shape index (κ1) is 14.6. The first-order valence-electron chi connectivity index (χ1n) is 7.51. The van der Waals surface area contributed by atoms with Crippen molar-refractivity contribution in [2.24, 2.45) is 0 Å². The molecule has 114 valence electrons. The van der Waals surface area contributed by atoms with E-state index in [1.807, 2.05) is 6.07 Å². The van der Waals surface area contributed by atoms with Gasteiger partial charge in [-0.3, -0.25) is 4.79 Å². The number of hydrogen-bond acceptors (Lipinski definition) is 2. The van der Waals surface area contributed by atoms with Crippen LogP contribution in [-0.2, 0) is 12.8 Å². The molecule has 1 N–H and O–H groups in total. The molecule has 0 saturated carbocycles. The van der Waals surface area contributed by atoms with Gasteiger partial charge in [-0.1, -0.05) is 18.2 Å². The van der Waals surface area contributed by atoms with E-state index in [-0.39, 0.29) is 5.56 Å². The van der Waals surface area contributed by atoms with Gasteiger partial charge in [-0.05, 0) is 54.7 Å². The van der Waals surface area contributed by atoms with Gasteiger partial charge in [0.15, 0.2) is 0 Å². The van der Waals surface area contributed by atoms with Gasteiger partial charge in [0.05, 0.1) is 12.1 Å². The minimum absolute atomic E-state index is 0.0556. The number of rotatable bonds is 5. The van der Waals surface area contributed by atoms with Crippen LogP contribution in [0.5, 0.6) is 5.75 Å². The topological polar surface area (TPSA) is 38.3 Å². The lowest BCUT2D eigenvalue weighted by atomic mass is 10.1. The van der Waals surface area contributed by atoms with Gasteiger partial charge in [0.1, 0.15) is 18.2 Å². The zero-order valence-electron chi connectivity index (χ0n) is 12.3. The fraction of sp³-hybridized carbons (Fsp3) is 0.278. The Bertz CT molecular complexity index is 685. The standard InChI is InChI=1S/C18H18FNO2/c19-17-7-2-1-6-16(17)18(21)20-10-11-22-15-9-8-13-4-3-5-14(13)12-15/h1-2,6-9,12H,3-5,10-11H2,(H,20,21). The molecule has 0 fully saturated rings. The average Bonchev–Trinajstić information content (AvgIpc) is 2.99. The van der Waals surface area contributed by atoms with Crippen molar-refractivity contribution in [1.29, 1.82) is 0 Å². The van der Waals surface area contributed by atoms with Crippen molar-refractivity contribution >= 4 is 5.91 Å². The van der Waals surface area contributed by atoms with E-state index in [1.54, 1.807) is 12.1 Å². The lowest BCUT2D eigenvalue weighted by molar-refractivity contribution is 0.0943. The van der Waals surface area contributed by atoms with Crippen molar-refractivity contribution < 1.29 is 13.9 Å². The molecule has 0 radical (unpaired) electrons. The van der Waals surface area contributed by atoms with Crippen LogP contribution in [-0.4, -0.2) is 19.1 Å². The predicted molar refractivity (Wildman–Crippen MR) is 82.7 cm³/mol. The molecule has 0 unspecified atom stereocenters. The van der Waals surface area contributed by atoms with Gasteiger partial charge >= 0.3 is 0 Å². The molecular weight excluding hydrogens is 281 g/mol. The normalized spacial score (nSPS) is 12.8. The third-order valence-corrected chi connectivity index (χ3v) is 3.84. The lowest BCUT2D eigenvalue weighted by Gasteiger charge is -2.09. The molecule has 2 aromatic rings. The van der Waals surface area contributed by atoms with E-state index in [9.17, 15) is 9.18 Å². The number of halogens is 1. The molecule has 0 spiro atoms. The molecule has 1 amide bonds. The highest BCUT2D eigenvalue weighted by molar-refractivity contribution is 5.94. The molecule has 0 heterocycles. The highest BCUT2D eigenvalue weighted by atomic mass is 19.1. The molecule has 0 aromatic heterocycles. The maximum Gasteiger partial charge on any atom is 0.254 e. The molecule has 0 bridgehead atoms. The maximum absolute atomic E-state index is 13.4. The number of hydrogen-bond donors (Lipinski definition) is 1. The van der Waals surface area contributed by atoms with Gasteiger partial charge in [0, 0.05) is 0 Å². The molecule has 1 aliphatic carbocycles. The highest BCUT2D eigenvalue weighted by Crippen LogP contribution is 2.25. The molecule has 0 aliphatic heterocycles. The van der Waals surface area contributed by atoms with Crippen LogP contribution in [0.15, 0.2) is 42.5 Å². The Morgan fingerprint density at radius 2 is 1.95 bits per heavy atom. The van der Waals surface area contributed by atoms with E-state index >= 15 is 0 Å². The van der Waals surface area contributed by atoms with Crippen LogP contribution in [0.1, 0.15) is 27.9 Å². The second-order valence-electron chi connectivity index (χ2n) is 5.37. The van der Waals surface area contributed by atoms with Crippen LogP contribution in [0.3, 0.4) is 0 Å². The van der Waals surface area contributed by atoms with E-state index in [1.165, 1.54) is 29.7 Å². The first-order valence-corrected chi connectivity index (χ1v) is 7.51. The Morgan fingerprint density at radius 3 is 2.82 bits per heavy atom. The summed E-state index contributed by atoms with van der Waals surface area (Å²) in [6, 6.07) is 12.1. The van der Waals surface area contributed by atoms with E-state index in [4.69, 9.17) is 4.74 Å². The summed E-state index contributed by atoms with van der Waals surface area (Å²) in [4.78, 5) is 11.8. The highest BCUT2D eigenvalue weighted by Gasteiger charge is 2.12. The predicted octanol–water partition coefficient (Wildman–Crippen LogP) is 3.12. The molecule has 22 heavy (non-hydrogen) atoms. The minimum Gasteiger partial charge on any atom is -0.492 e. The average molecular weight is 299 g/mol. The van der Waals surface area contributed by atoms with Gasteiger partial charge in [-0.25, -0.2) is 4.39 Å². The number of aryl methyl sites for hydroxylation is 2. The summed E-state index contributed by atoms with van der Waals surface area (Å²) in [7, 11) is 0. The van der Waals surface area contributed by atoms with Crippen molar-refractivity contribution in [2.45, 2.75) is 19.3 Å². The fourth-order valence-electron chi connectivity index (χ4n) is 2.71. The summed E-state index contributed by atoms with van der Waals surface area (Å²) in [5.41, 5.74) is 2.81. The van der Waals surface area contributed by atoms with Crippen molar-refractivity contribution in [1.82, 2.24) is 5.32 Å². The molecule has 3 nitrogen and oxygen atoms in total. The number of ether oxygens (including phenoxy) is 1. The summed E-state index contributed by atoms with van der Waals surface area (Å²) in [5.74, 6) is -0.115. The zero-order chi connectivity index (χ0) is 15.4. The SMILES string of the molecule is O=C(NCCOc1ccc2c(c1)CCC2)c1ccccc1F. The largest absolute Gasteiger partial charge is 0.492 e. The molecule has 4 heteroatoms. The summed E-state index contributed by atoms with van der Waals surface area (Å²) >= 11 is 0. The van der Waals surface area contributed by atoms with Crippen molar-refractivity contribution in [3.05, 3.63) is 65.0 Å². The van der Waals surface area contributed by atoms with Crippen LogP contribution in [0, 0.1) is 5.82 Å². The quantitative estimate of drug-likeness (QED) is 0.862. The van der Waals surface area contributed by atoms with Crippen molar-refractivity contribution in [2.75, 3.05) is 13.2 Å². The minimum atomic E-state index is -0.514. The first-order chi connectivity index (χ1) is 10.7. The van der Waals surface area contributed by atoms with Crippen LogP contribution in [0.4, 0.5) is 4.39 Å². The van der Waals surface area contributed by atoms with Crippen LogP contribution in [0.2, 0.25) is 0 Å². The molecule has 0 saturated heterocycles. The number of carbonyl (C=O) groups excluding carboxylic acids is 1. The van der Waals surface area contributed by atoms with Gasteiger partial charge in [-0.2, -0.15) is 0 Å². The van der Waals surface area contributed by atoms with E-state index in [0.717, 1.165) is 18.6 Å². The summed E-state index contributed by atoms with van der Waals surface area (Å²) < 4.78 is 19.1.